The van der Waals surface area contributed by atoms with Crippen molar-refractivity contribution < 1.29 is 14.2 Å². The van der Waals surface area contributed by atoms with E-state index in [9.17, 15) is 0 Å². The van der Waals surface area contributed by atoms with Crippen molar-refractivity contribution in [2.75, 3.05) is 19.8 Å². The summed E-state index contributed by atoms with van der Waals surface area (Å²) in [5, 5.41) is 0. The molecular weight excluding hydrogens is 280 g/mol. The van der Waals surface area contributed by atoms with E-state index in [1.54, 1.807) is 0 Å². The number of benzene rings is 1. The molecule has 1 unspecified atom stereocenters. The lowest BCUT2D eigenvalue weighted by Gasteiger charge is -2.23. The Kier molecular flexibility index (Phi) is 4.10. The summed E-state index contributed by atoms with van der Waals surface area (Å²) in [6.07, 6.45) is 1.13. The number of hydrogen-bond acceptors (Lipinski definition) is 5. The Morgan fingerprint density at radius 2 is 2.00 bits per heavy atom. The molecule has 0 saturated carbocycles. The molecule has 0 radical (unpaired) electrons. The van der Waals surface area contributed by atoms with Crippen molar-refractivity contribution in [3.63, 3.8) is 0 Å². The number of aliphatic imine (C=N–C) groups is 1. The second-order valence-corrected chi connectivity index (χ2v) is 6.50. The molecule has 1 saturated heterocycles. The summed E-state index contributed by atoms with van der Waals surface area (Å²) < 4.78 is 17.5. The van der Waals surface area contributed by atoms with Crippen LogP contribution >= 0.6 is 0 Å². The summed E-state index contributed by atoms with van der Waals surface area (Å²) in [6.45, 7) is 8.32. The molecule has 2 aliphatic heterocycles. The zero-order valence-electron chi connectivity index (χ0n) is 13.5. The van der Waals surface area contributed by atoms with Crippen molar-refractivity contribution in [1.82, 2.24) is 0 Å². The molecule has 0 aromatic heterocycles. The Bertz CT molecular complexity index is 577. The predicted molar refractivity (Wildman–Crippen MR) is 84.9 cm³/mol. The minimum atomic E-state index is -1.10. The fourth-order valence-electron chi connectivity index (χ4n) is 3.18. The molecule has 22 heavy (non-hydrogen) atoms. The van der Waals surface area contributed by atoms with Crippen molar-refractivity contribution in [2.45, 2.75) is 33.1 Å². The lowest BCUT2D eigenvalue weighted by atomic mass is 10.00. The van der Waals surface area contributed by atoms with E-state index >= 15 is 0 Å². The fourth-order valence-corrected chi connectivity index (χ4v) is 3.18. The third-order valence-corrected chi connectivity index (χ3v) is 3.96. The zero-order chi connectivity index (χ0) is 15.7. The quantitative estimate of drug-likeness (QED) is 0.908. The fraction of sp³-hybridized carbons (Fsp3) is 0.588. The molecule has 3 rings (SSSR count). The van der Waals surface area contributed by atoms with E-state index in [2.05, 4.69) is 25.8 Å². The maximum atomic E-state index is 6.06. The Balaban J connectivity index is 1.83. The van der Waals surface area contributed by atoms with Crippen LogP contribution in [0.25, 0.3) is 0 Å². The van der Waals surface area contributed by atoms with Gasteiger partial charge in [0.05, 0.1) is 25.4 Å². The van der Waals surface area contributed by atoms with Gasteiger partial charge < -0.3 is 19.9 Å². The molecule has 5 heteroatoms. The van der Waals surface area contributed by atoms with E-state index in [0.29, 0.717) is 37.5 Å². The molecule has 1 spiro atoms. The summed E-state index contributed by atoms with van der Waals surface area (Å²) >= 11 is 0. The monoisotopic (exact) mass is 304 g/mol. The highest BCUT2D eigenvalue weighted by atomic mass is 16.8. The summed E-state index contributed by atoms with van der Waals surface area (Å²) in [7, 11) is 0. The molecule has 0 aliphatic carbocycles. The minimum absolute atomic E-state index is 0.442. The van der Waals surface area contributed by atoms with Gasteiger partial charge in [-0.15, -0.1) is 0 Å². The van der Waals surface area contributed by atoms with Crippen LogP contribution in [0.5, 0.6) is 5.75 Å². The lowest BCUT2D eigenvalue weighted by molar-refractivity contribution is -0.156. The van der Waals surface area contributed by atoms with Crippen LogP contribution in [0.15, 0.2) is 23.2 Å². The largest absolute Gasteiger partial charge is 0.493 e. The highest BCUT2D eigenvalue weighted by Crippen LogP contribution is 2.44. The van der Waals surface area contributed by atoms with Gasteiger partial charge in [0.2, 0.25) is 0 Å². The predicted octanol–water partition coefficient (Wildman–Crippen LogP) is 2.62. The summed E-state index contributed by atoms with van der Waals surface area (Å²) in [4.78, 5) is 4.39. The average molecular weight is 304 g/mol. The maximum Gasteiger partial charge on any atom is 0.304 e. The summed E-state index contributed by atoms with van der Waals surface area (Å²) in [5.41, 5.74) is 7.68. The number of nitrogens with two attached hydrogens (primary N) is 1. The van der Waals surface area contributed by atoms with Crippen LogP contribution in [0.3, 0.4) is 0 Å². The third kappa shape index (κ3) is 2.71. The van der Waals surface area contributed by atoms with Crippen LogP contribution in [0.1, 0.15) is 38.3 Å². The number of nitrogens with zero attached hydrogens (tertiary/aromatic N) is 1. The van der Waals surface area contributed by atoms with Gasteiger partial charge in [0.25, 0.3) is 0 Å². The topological polar surface area (TPSA) is 66.1 Å². The van der Waals surface area contributed by atoms with E-state index in [1.165, 1.54) is 0 Å². The first kappa shape index (κ1) is 15.3. The van der Waals surface area contributed by atoms with Gasteiger partial charge in [0.1, 0.15) is 11.6 Å². The average Bonchev–Trinajstić information content (AvgIpc) is 3.03. The van der Waals surface area contributed by atoms with Crippen LogP contribution < -0.4 is 10.5 Å². The van der Waals surface area contributed by atoms with Crippen LogP contribution in [-0.4, -0.2) is 25.7 Å². The molecule has 120 valence electrons. The van der Waals surface area contributed by atoms with E-state index in [0.717, 1.165) is 23.3 Å². The van der Waals surface area contributed by atoms with Gasteiger partial charge in [-0.1, -0.05) is 32.9 Å². The molecule has 0 bridgehead atoms. The zero-order valence-corrected chi connectivity index (χ0v) is 13.5. The second kappa shape index (κ2) is 5.89. The van der Waals surface area contributed by atoms with Gasteiger partial charge >= 0.3 is 5.91 Å². The highest BCUT2D eigenvalue weighted by molar-refractivity contribution is 6.02. The molecule has 1 aromatic rings. The molecule has 2 N–H and O–H groups in total. The van der Waals surface area contributed by atoms with Crippen molar-refractivity contribution in [1.29, 1.82) is 0 Å². The Morgan fingerprint density at radius 3 is 2.68 bits per heavy atom. The maximum absolute atomic E-state index is 6.06. The van der Waals surface area contributed by atoms with E-state index in [1.807, 2.05) is 18.2 Å². The van der Waals surface area contributed by atoms with Crippen molar-refractivity contribution >= 4 is 5.84 Å². The molecule has 1 aromatic carbocycles. The van der Waals surface area contributed by atoms with Gasteiger partial charge in [0, 0.05) is 5.56 Å². The number of ether oxygens (including phenoxy) is 3. The Morgan fingerprint density at radius 1 is 1.27 bits per heavy atom. The molecule has 1 fully saturated rings. The summed E-state index contributed by atoms with van der Waals surface area (Å²) in [6, 6.07) is 5.79. The molecule has 2 aliphatic rings. The van der Waals surface area contributed by atoms with Gasteiger partial charge in [0.15, 0.2) is 0 Å². The normalized spacial score (nSPS) is 20.3. The first-order chi connectivity index (χ1) is 10.5. The van der Waals surface area contributed by atoms with Crippen molar-refractivity contribution in [3.05, 3.63) is 29.3 Å². The Hall–Kier alpha value is -1.59. The minimum Gasteiger partial charge on any atom is -0.493 e. The number of rotatable bonds is 5. The number of fused-ring (bicyclic) bond motifs is 2. The number of hydrogen-bond donors (Lipinski definition) is 1. The van der Waals surface area contributed by atoms with Gasteiger partial charge in [-0.25, -0.2) is 4.99 Å². The van der Waals surface area contributed by atoms with Crippen LogP contribution in [-0.2, 0) is 15.4 Å². The second-order valence-electron chi connectivity index (χ2n) is 6.50. The molecule has 1 atom stereocenters. The molecular formula is C17H24N2O3. The Labute approximate surface area is 131 Å². The first-order valence-electron chi connectivity index (χ1n) is 7.92. The van der Waals surface area contributed by atoms with Gasteiger partial charge in [-0.2, -0.15) is 0 Å². The summed E-state index contributed by atoms with van der Waals surface area (Å²) in [5.74, 6) is 1.23. The lowest BCUT2D eigenvalue weighted by Crippen LogP contribution is -2.24. The van der Waals surface area contributed by atoms with Gasteiger partial charge in [-0.05, 0) is 24.3 Å². The SMILES string of the molecule is CC(C)CC(C)COc1cccc2c1C1(N=C2N)OCCO1. The highest BCUT2D eigenvalue weighted by Gasteiger charge is 2.47. The first-order valence-corrected chi connectivity index (χ1v) is 7.92. The smallest absolute Gasteiger partial charge is 0.304 e. The molecule has 0 amide bonds. The molecule has 5 nitrogen and oxygen atoms in total. The number of amidine groups is 1. The van der Waals surface area contributed by atoms with E-state index in [-0.39, 0.29) is 0 Å². The molecule has 2 heterocycles. The van der Waals surface area contributed by atoms with Crippen molar-refractivity contribution in [2.24, 2.45) is 22.6 Å². The van der Waals surface area contributed by atoms with Crippen LogP contribution in [0.4, 0.5) is 0 Å². The third-order valence-electron chi connectivity index (χ3n) is 3.96. The van der Waals surface area contributed by atoms with Crippen molar-refractivity contribution in [3.8, 4) is 5.75 Å². The van der Waals surface area contributed by atoms with Crippen LogP contribution in [0.2, 0.25) is 0 Å². The van der Waals surface area contributed by atoms with Crippen LogP contribution in [0, 0.1) is 11.8 Å². The standard InChI is InChI=1S/C17H24N2O3/c1-11(2)9-12(3)10-20-14-6-4-5-13-15(14)17(19-16(13)18)21-7-8-22-17/h4-6,11-12H,7-10H2,1-3H3,(H2,18,19). The van der Waals surface area contributed by atoms with E-state index < -0.39 is 5.91 Å². The van der Waals surface area contributed by atoms with E-state index in [4.69, 9.17) is 19.9 Å². The van der Waals surface area contributed by atoms with Gasteiger partial charge in [-0.3, -0.25) is 0 Å².